The smallest absolute Gasteiger partial charge is 0.159 e. The summed E-state index contributed by atoms with van der Waals surface area (Å²) in [5.41, 5.74) is 7.35. The molecule has 118 valence electrons. The standard InChI is InChI=1S/C16H25NO3S/c1-14(18)16-4-2-15(3-5-16)6-12-21-13-11-20-10-9-19-8-7-17/h2-5H,6-13,17H2,1H3. The first kappa shape index (κ1) is 18.2. The fraction of sp³-hybridized carbons (Fsp3) is 0.562. The van der Waals surface area contributed by atoms with E-state index in [-0.39, 0.29) is 5.78 Å². The second-order valence-corrected chi connectivity index (χ2v) is 5.85. The predicted molar refractivity (Wildman–Crippen MR) is 88.2 cm³/mol. The van der Waals surface area contributed by atoms with Crippen LogP contribution >= 0.6 is 11.8 Å². The van der Waals surface area contributed by atoms with E-state index in [4.69, 9.17) is 15.2 Å². The highest BCUT2D eigenvalue weighted by Gasteiger charge is 1.99. The van der Waals surface area contributed by atoms with Crippen LogP contribution in [-0.4, -0.2) is 50.3 Å². The number of benzene rings is 1. The average Bonchev–Trinajstić information content (AvgIpc) is 2.49. The van der Waals surface area contributed by atoms with Crippen LogP contribution in [0.5, 0.6) is 0 Å². The van der Waals surface area contributed by atoms with Crippen LogP contribution in [0.2, 0.25) is 0 Å². The number of carbonyl (C=O) groups is 1. The van der Waals surface area contributed by atoms with Gasteiger partial charge in [-0.25, -0.2) is 0 Å². The fourth-order valence-corrected chi connectivity index (χ4v) is 2.54. The van der Waals surface area contributed by atoms with E-state index in [9.17, 15) is 4.79 Å². The maximum atomic E-state index is 11.2. The highest BCUT2D eigenvalue weighted by atomic mass is 32.2. The summed E-state index contributed by atoms with van der Waals surface area (Å²) < 4.78 is 10.7. The summed E-state index contributed by atoms with van der Waals surface area (Å²) in [5.74, 6) is 2.16. The van der Waals surface area contributed by atoms with Crippen molar-refractivity contribution in [2.75, 3.05) is 44.5 Å². The Morgan fingerprint density at radius 1 is 1.05 bits per heavy atom. The molecule has 2 N–H and O–H groups in total. The molecule has 0 aliphatic heterocycles. The number of aryl methyl sites for hydroxylation is 1. The molecule has 0 bridgehead atoms. The van der Waals surface area contributed by atoms with E-state index in [2.05, 4.69) is 0 Å². The third-order valence-electron chi connectivity index (χ3n) is 2.90. The quantitative estimate of drug-likeness (QED) is 0.473. The largest absolute Gasteiger partial charge is 0.378 e. The summed E-state index contributed by atoms with van der Waals surface area (Å²) in [6, 6.07) is 7.85. The van der Waals surface area contributed by atoms with Crippen molar-refractivity contribution < 1.29 is 14.3 Å². The number of hydrogen-bond donors (Lipinski definition) is 1. The van der Waals surface area contributed by atoms with Crippen LogP contribution in [0.1, 0.15) is 22.8 Å². The van der Waals surface area contributed by atoms with E-state index >= 15 is 0 Å². The van der Waals surface area contributed by atoms with Gasteiger partial charge in [0.2, 0.25) is 0 Å². The normalized spacial score (nSPS) is 10.8. The number of rotatable bonds is 12. The lowest BCUT2D eigenvalue weighted by molar-refractivity contribution is 0.0571. The molecule has 5 heteroatoms. The van der Waals surface area contributed by atoms with Crippen LogP contribution in [-0.2, 0) is 15.9 Å². The van der Waals surface area contributed by atoms with Crippen molar-refractivity contribution in [3.63, 3.8) is 0 Å². The van der Waals surface area contributed by atoms with Crippen LogP contribution in [0.4, 0.5) is 0 Å². The van der Waals surface area contributed by atoms with E-state index in [1.807, 2.05) is 36.0 Å². The molecular formula is C16H25NO3S. The van der Waals surface area contributed by atoms with Crippen molar-refractivity contribution in [1.29, 1.82) is 0 Å². The molecular weight excluding hydrogens is 286 g/mol. The molecule has 1 rings (SSSR count). The summed E-state index contributed by atoms with van der Waals surface area (Å²) in [5, 5.41) is 0. The van der Waals surface area contributed by atoms with Gasteiger partial charge < -0.3 is 15.2 Å². The summed E-state index contributed by atoms with van der Waals surface area (Å²) in [4.78, 5) is 11.2. The Morgan fingerprint density at radius 2 is 1.71 bits per heavy atom. The predicted octanol–water partition coefficient (Wildman–Crippen LogP) is 2.16. The number of thioether (sulfide) groups is 1. The van der Waals surface area contributed by atoms with Gasteiger partial charge in [-0.1, -0.05) is 24.3 Å². The Kier molecular flexibility index (Phi) is 10.2. The molecule has 0 amide bonds. The molecule has 0 aromatic heterocycles. The number of ether oxygens (including phenoxy) is 2. The first-order valence-electron chi connectivity index (χ1n) is 7.27. The van der Waals surface area contributed by atoms with E-state index in [0.717, 1.165) is 30.1 Å². The maximum Gasteiger partial charge on any atom is 0.159 e. The molecule has 0 aliphatic rings. The van der Waals surface area contributed by atoms with Crippen LogP contribution in [0, 0.1) is 0 Å². The van der Waals surface area contributed by atoms with Gasteiger partial charge in [0.25, 0.3) is 0 Å². The second-order valence-electron chi connectivity index (χ2n) is 4.63. The molecule has 0 aliphatic carbocycles. The summed E-state index contributed by atoms with van der Waals surface area (Å²) in [6.45, 7) is 4.74. The Labute approximate surface area is 131 Å². The van der Waals surface area contributed by atoms with Crippen molar-refractivity contribution in [3.8, 4) is 0 Å². The summed E-state index contributed by atoms with van der Waals surface area (Å²) in [7, 11) is 0. The monoisotopic (exact) mass is 311 g/mol. The topological polar surface area (TPSA) is 61.5 Å². The minimum Gasteiger partial charge on any atom is -0.378 e. The van der Waals surface area contributed by atoms with Crippen LogP contribution in [0.3, 0.4) is 0 Å². The minimum absolute atomic E-state index is 0.114. The van der Waals surface area contributed by atoms with Crippen molar-refractivity contribution in [3.05, 3.63) is 35.4 Å². The summed E-state index contributed by atoms with van der Waals surface area (Å²) in [6.07, 6.45) is 1.02. The van der Waals surface area contributed by atoms with Gasteiger partial charge in [0.15, 0.2) is 5.78 Å². The molecule has 0 heterocycles. The van der Waals surface area contributed by atoms with Gasteiger partial charge in [0.1, 0.15) is 0 Å². The molecule has 0 fully saturated rings. The van der Waals surface area contributed by atoms with Gasteiger partial charge in [-0.05, 0) is 24.7 Å². The molecule has 1 aromatic rings. The number of carbonyl (C=O) groups excluding carboxylic acids is 1. The van der Waals surface area contributed by atoms with Crippen LogP contribution in [0.25, 0.3) is 0 Å². The molecule has 0 saturated carbocycles. The van der Waals surface area contributed by atoms with Crippen molar-refractivity contribution in [2.24, 2.45) is 5.73 Å². The van der Waals surface area contributed by atoms with Crippen molar-refractivity contribution in [1.82, 2.24) is 0 Å². The lowest BCUT2D eigenvalue weighted by Crippen LogP contribution is -2.12. The van der Waals surface area contributed by atoms with Gasteiger partial charge >= 0.3 is 0 Å². The third kappa shape index (κ3) is 8.88. The number of ketones is 1. The fourth-order valence-electron chi connectivity index (χ4n) is 1.72. The Hall–Kier alpha value is -0.880. The van der Waals surface area contributed by atoms with Gasteiger partial charge in [0, 0.05) is 17.9 Å². The second kappa shape index (κ2) is 11.7. The first-order valence-corrected chi connectivity index (χ1v) is 8.42. The van der Waals surface area contributed by atoms with Gasteiger partial charge in [-0.2, -0.15) is 11.8 Å². The number of hydrogen-bond acceptors (Lipinski definition) is 5. The lowest BCUT2D eigenvalue weighted by Gasteiger charge is -2.05. The molecule has 0 unspecified atom stereocenters. The molecule has 0 saturated heterocycles. The Bertz CT molecular complexity index is 395. The van der Waals surface area contributed by atoms with Crippen LogP contribution < -0.4 is 5.73 Å². The molecule has 4 nitrogen and oxygen atoms in total. The van der Waals surface area contributed by atoms with E-state index in [1.165, 1.54) is 5.56 Å². The number of nitrogens with two attached hydrogens (primary N) is 1. The summed E-state index contributed by atoms with van der Waals surface area (Å²) >= 11 is 1.87. The molecule has 1 aromatic carbocycles. The van der Waals surface area contributed by atoms with E-state index in [0.29, 0.717) is 26.4 Å². The number of Topliss-reactive ketones (excluding diaryl/α,β-unsaturated/α-hetero) is 1. The first-order chi connectivity index (χ1) is 10.2. The minimum atomic E-state index is 0.114. The van der Waals surface area contributed by atoms with E-state index < -0.39 is 0 Å². The van der Waals surface area contributed by atoms with Crippen molar-refractivity contribution >= 4 is 17.5 Å². The van der Waals surface area contributed by atoms with Gasteiger partial charge in [-0.3, -0.25) is 4.79 Å². The zero-order valence-electron chi connectivity index (χ0n) is 12.7. The Balaban J connectivity index is 1.98. The zero-order chi connectivity index (χ0) is 15.3. The van der Waals surface area contributed by atoms with Crippen LogP contribution in [0.15, 0.2) is 24.3 Å². The molecule has 0 atom stereocenters. The van der Waals surface area contributed by atoms with Crippen molar-refractivity contribution in [2.45, 2.75) is 13.3 Å². The van der Waals surface area contributed by atoms with E-state index in [1.54, 1.807) is 6.92 Å². The SMILES string of the molecule is CC(=O)c1ccc(CCSCCOCCOCCN)cc1. The van der Waals surface area contributed by atoms with Gasteiger partial charge in [-0.15, -0.1) is 0 Å². The zero-order valence-corrected chi connectivity index (χ0v) is 13.5. The molecule has 0 radical (unpaired) electrons. The highest BCUT2D eigenvalue weighted by molar-refractivity contribution is 7.99. The lowest BCUT2D eigenvalue weighted by atomic mass is 10.1. The maximum absolute atomic E-state index is 11.2. The van der Waals surface area contributed by atoms with Gasteiger partial charge in [0.05, 0.1) is 26.4 Å². The molecule has 21 heavy (non-hydrogen) atoms. The molecule has 0 spiro atoms. The highest BCUT2D eigenvalue weighted by Crippen LogP contribution is 2.09. The third-order valence-corrected chi connectivity index (χ3v) is 3.85. The Morgan fingerprint density at radius 3 is 2.33 bits per heavy atom. The average molecular weight is 311 g/mol.